The molecule has 1 fully saturated rings. The van der Waals surface area contributed by atoms with Gasteiger partial charge in [0, 0.05) is 25.7 Å². The topological polar surface area (TPSA) is 96.6 Å². The van der Waals surface area contributed by atoms with Crippen molar-refractivity contribution in [1.29, 1.82) is 0 Å². The second-order valence-electron chi connectivity index (χ2n) is 6.53. The summed E-state index contributed by atoms with van der Waals surface area (Å²) in [6.45, 7) is 0.881. The highest BCUT2D eigenvalue weighted by Gasteiger charge is 2.32. The standard InChI is InChI=1S/C17H22N4O4S/c1-20(17(22)14-9-6-10-21(11-14)26(2,23)24)12-15-18-16(19-25-15)13-7-4-3-5-8-13/h3-5,7-8,14H,6,9-12H2,1-2H3/t14-/m0/s1. The maximum Gasteiger partial charge on any atom is 0.246 e. The zero-order valence-corrected chi connectivity index (χ0v) is 15.6. The lowest BCUT2D eigenvalue weighted by molar-refractivity contribution is -0.136. The van der Waals surface area contributed by atoms with Gasteiger partial charge < -0.3 is 9.42 Å². The predicted molar refractivity (Wildman–Crippen MR) is 95.3 cm³/mol. The molecule has 8 nitrogen and oxygen atoms in total. The summed E-state index contributed by atoms with van der Waals surface area (Å²) < 4.78 is 30.1. The Labute approximate surface area is 152 Å². The average molecular weight is 378 g/mol. The number of amides is 1. The monoisotopic (exact) mass is 378 g/mol. The minimum atomic E-state index is -3.28. The fourth-order valence-electron chi connectivity index (χ4n) is 3.06. The highest BCUT2D eigenvalue weighted by atomic mass is 32.2. The number of carbonyl (C=O) groups is 1. The highest BCUT2D eigenvalue weighted by molar-refractivity contribution is 7.88. The molecule has 9 heteroatoms. The van der Waals surface area contributed by atoms with Crippen molar-refractivity contribution in [1.82, 2.24) is 19.3 Å². The van der Waals surface area contributed by atoms with Gasteiger partial charge in [-0.2, -0.15) is 4.98 Å². The predicted octanol–water partition coefficient (Wildman–Crippen LogP) is 1.37. The maximum atomic E-state index is 12.7. The Morgan fingerprint density at radius 1 is 1.35 bits per heavy atom. The molecule has 1 aromatic heterocycles. The number of rotatable bonds is 5. The second-order valence-corrected chi connectivity index (χ2v) is 8.51. The van der Waals surface area contributed by atoms with Crippen molar-refractivity contribution in [2.75, 3.05) is 26.4 Å². The first kappa shape index (κ1) is 18.5. The molecule has 2 aromatic rings. The number of hydrogen-bond donors (Lipinski definition) is 0. The molecular weight excluding hydrogens is 356 g/mol. The largest absolute Gasteiger partial charge is 0.337 e. The Morgan fingerprint density at radius 2 is 2.08 bits per heavy atom. The van der Waals surface area contributed by atoms with E-state index in [4.69, 9.17) is 4.52 Å². The third kappa shape index (κ3) is 4.28. The van der Waals surface area contributed by atoms with E-state index in [1.54, 1.807) is 7.05 Å². The van der Waals surface area contributed by atoms with Gasteiger partial charge in [0.2, 0.25) is 27.6 Å². The normalized spacial score (nSPS) is 18.6. The van der Waals surface area contributed by atoms with E-state index < -0.39 is 10.0 Å². The number of nitrogens with zero attached hydrogens (tertiary/aromatic N) is 4. The summed E-state index contributed by atoms with van der Waals surface area (Å²) >= 11 is 0. The van der Waals surface area contributed by atoms with Crippen molar-refractivity contribution in [2.45, 2.75) is 19.4 Å². The summed E-state index contributed by atoms with van der Waals surface area (Å²) in [4.78, 5) is 18.5. The number of aromatic nitrogens is 2. The van der Waals surface area contributed by atoms with Crippen molar-refractivity contribution in [3.63, 3.8) is 0 Å². The Hall–Kier alpha value is -2.26. The first-order valence-electron chi connectivity index (χ1n) is 8.42. The van der Waals surface area contributed by atoms with Crippen LogP contribution in [0, 0.1) is 5.92 Å². The van der Waals surface area contributed by atoms with Crippen LogP contribution in [0.1, 0.15) is 18.7 Å². The van der Waals surface area contributed by atoms with Gasteiger partial charge in [-0.15, -0.1) is 0 Å². The van der Waals surface area contributed by atoms with Crippen LogP contribution in [0.25, 0.3) is 11.4 Å². The van der Waals surface area contributed by atoms with Crippen LogP contribution in [0.15, 0.2) is 34.9 Å². The van der Waals surface area contributed by atoms with E-state index in [-0.39, 0.29) is 24.9 Å². The molecule has 0 N–H and O–H groups in total. The summed E-state index contributed by atoms with van der Waals surface area (Å²) in [5.74, 6) is 0.357. The molecule has 0 aliphatic carbocycles. The SMILES string of the molecule is CN(Cc1nc(-c2ccccc2)no1)C(=O)[C@H]1CCCN(S(C)(=O)=O)C1. The molecule has 0 unspecified atom stereocenters. The van der Waals surface area contributed by atoms with E-state index >= 15 is 0 Å². The smallest absolute Gasteiger partial charge is 0.246 e. The van der Waals surface area contributed by atoms with Gasteiger partial charge in [-0.25, -0.2) is 12.7 Å². The summed E-state index contributed by atoms with van der Waals surface area (Å²) in [7, 11) is -1.62. The summed E-state index contributed by atoms with van der Waals surface area (Å²) in [6.07, 6.45) is 2.53. The molecule has 1 aromatic carbocycles. The van der Waals surface area contributed by atoms with Crippen LogP contribution >= 0.6 is 0 Å². The molecule has 3 rings (SSSR count). The lowest BCUT2D eigenvalue weighted by Crippen LogP contribution is -2.45. The number of sulfonamides is 1. The molecule has 0 bridgehead atoms. The Bertz CT molecular complexity index is 866. The number of benzene rings is 1. The molecule has 1 aliphatic heterocycles. The lowest BCUT2D eigenvalue weighted by Gasteiger charge is -2.32. The molecule has 0 spiro atoms. The Balaban J connectivity index is 1.64. The van der Waals surface area contributed by atoms with Crippen LogP contribution < -0.4 is 0 Å². The van der Waals surface area contributed by atoms with Gasteiger partial charge in [-0.05, 0) is 12.8 Å². The molecule has 140 valence electrons. The van der Waals surface area contributed by atoms with Crippen molar-refractivity contribution < 1.29 is 17.7 Å². The zero-order valence-electron chi connectivity index (χ0n) is 14.8. The molecule has 26 heavy (non-hydrogen) atoms. The van der Waals surface area contributed by atoms with Gasteiger partial charge in [0.15, 0.2) is 0 Å². The van der Waals surface area contributed by atoms with Crippen molar-refractivity contribution >= 4 is 15.9 Å². The molecular formula is C17H22N4O4S. The molecule has 0 radical (unpaired) electrons. The van der Waals surface area contributed by atoms with Crippen molar-refractivity contribution in [2.24, 2.45) is 5.92 Å². The van der Waals surface area contributed by atoms with E-state index in [2.05, 4.69) is 10.1 Å². The Morgan fingerprint density at radius 3 is 2.77 bits per heavy atom. The summed E-state index contributed by atoms with van der Waals surface area (Å²) in [5, 5.41) is 3.94. The van der Waals surface area contributed by atoms with Gasteiger partial charge in [0.05, 0.1) is 18.7 Å². The van der Waals surface area contributed by atoms with Gasteiger partial charge in [-0.3, -0.25) is 4.79 Å². The average Bonchev–Trinajstić information content (AvgIpc) is 3.09. The summed E-state index contributed by atoms with van der Waals surface area (Å²) in [5.41, 5.74) is 0.840. The van der Waals surface area contributed by atoms with E-state index in [1.807, 2.05) is 30.3 Å². The van der Waals surface area contributed by atoms with Gasteiger partial charge in [0.1, 0.15) is 0 Å². The minimum absolute atomic E-state index is 0.113. The van der Waals surface area contributed by atoms with Crippen molar-refractivity contribution in [3.8, 4) is 11.4 Å². The molecule has 1 amide bonds. The molecule has 1 atom stereocenters. The first-order chi connectivity index (χ1) is 12.3. The maximum absolute atomic E-state index is 12.7. The molecule has 1 aliphatic rings. The number of piperidine rings is 1. The lowest BCUT2D eigenvalue weighted by atomic mass is 9.98. The molecule has 2 heterocycles. The first-order valence-corrected chi connectivity index (χ1v) is 10.3. The highest BCUT2D eigenvalue weighted by Crippen LogP contribution is 2.21. The quantitative estimate of drug-likeness (QED) is 0.779. The van der Waals surface area contributed by atoms with E-state index in [0.29, 0.717) is 31.1 Å². The van der Waals surface area contributed by atoms with Crippen LogP contribution in [-0.4, -0.2) is 60.1 Å². The van der Waals surface area contributed by atoms with Crippen LogP contribution in [0.3, 0.4) is 0 Å². The fourth-order valence-corrected chi connectivity index (χ4v) is 3.97. The van der Waals surface area contributed by atoms with Gasteiger partial charge >= 0.3 is 0 Å². The van der Waals surface area contributed by atoms with E-state index in [0.717, 1.165) is 5.56 Å². The van der Waals surface area contributed by atoms with E-state index in [9.17, 15) is 13.2 Å². The van der Waals surface area contributed by atoms with Gasteiger partial charge in [0.25, 0.3) is 0 Å². The second kappa shape index (κ2) is 7.55. The van der Waals surface area contributed by atoms with E-state index in [1.165, 1.54) is 15.5 Å². The van der Waals surface area contributed by atoms with Gasteiger partial charge in [-0.1, -0.05) is 35.5 Å². The van der Waals surface area contributed by atoms with Crippen molar-refractivity contribution in [3.05, 3.63) is 36.2 Å². The third-order valence-corrected chi connectivity index (χ3v) is 5.72. The van der Waals surface area contributed by atoms with Crippen LogP contribution in [0.2, 0.25) is 0 Å². The van der Waals surface area contributed by atoms with Crippen LogP contribution in [0.5, 0.6) is 0 Å². The molecule has 1 saturated heterocycles. The number of hydrogen-bond acceptors (Lipinski definition) is 6. The minimum Gasteiger partial charge on any atom is -0.337 e. The zero-order chi connectivity index (χ0) is 18.7. The fraction of sp³-hybridized carbons (Fsp3) is 0.471. The van der Waals surface area contributed by atoms with Crippen LogP contribution in [0.4, 0.5) is 0 Å². The summed E-state index contributed by atoms with van der Waals surface area (Å²) in [6, 6.07) is 9.44. The third-order valence-electron chi connectivity index (χ3n) is 4.45. The van der Waals surface area contributed by atoms with Crippen LogP contribution in [-0.2, 0) is 21.4 Å². The molecule has 0 saturated carbocycles. The number of carbonyl (C=O) groups excluding carboxylic acids is 1. The Kier molecular flexibility index (Phi) is 5.38.